The molecule has 0 aliphatic carbocycles. The van der Waals surface area contributed by atoms with E-state index in [4.69, 9.17) is 0 Å². The number of sulfonamides is 1. The average molecular weight is 394 g/mol. The zero-order valence-corrected chi connectivity index (χ0v) is 16.6. The summed E-state index contributed by atoms with van der Waals surface area (Å²) in [5.74, 6) is -0.403. The van der Waals surface area contributed by atoms with Gasteiger partial charge in [0.15, 0.2) is 0 Å². The molecule has 0 spiro atoms. The number of hydrogen-bond acceptors (Lipinski definition) is 4. The predicted octanol–water partition coefficient (Wildman–Crippen LogP) is 1.91. The summed E-state index contributed by atoms with van der Waals surface area (Å²) in [6, 6.07) is 5.96. The number of fused-ring (bicyclic) bond motifs is 1. The summed E-state index contributed by atoms with van der Waals surface area (Å²) in [5, 5.41) is 10.3. The van der Waals surface area contributed by atoms with Crippen LogP contribution in [0.5, 0.6) is 0 Å². The monoisotopic (exact) mass is 393 g/mol. The Kier molecular flexibility index (Phi) is 5.88. The zero-order chi connectivity index (χ0) is 19.6. The highest BCUT2D eigenvalue weighted by atomic mass is 32.2. The summed E-state index contributed by atoms with van der Waals surface area (Å²) in [6.45, 7) is 5.79. The topological polar surface area (TPSA) is 91.6 Å². The fraction of sp³-hybridized carbons (Fsp3) is 0.526. The molecule has 2 N–H and O–H groups in total. The normalized spacial score (nSPS) is 16.8. The molecule has 7 nitrogen and oxygen atoms in total. The van der Waals surface area contributed by atoms with E-state index in [2.05, 4.69) is 14.2 Å². The van der Waals surface area contributed by atoms with Gasteiger partial charge in [-0.05, 0) is 50.9 Å². The van der Waals surface area contributed by atoms with Gasteiger partial charge in [-0.25, -0.2) is 17.9 Å². The number of aryl methyl sites for hydroxylation is 1. The summed E-state index contributed by atoms with van der Waals surface area (Å²) in [7, 11) is -3.13. The Balaban J connectivity index is 1.62. The van der Waals surface area contributed by atoms with Crippen LogP contribution < -0.4 is 4.72 Å². The molecule has 1 aliphatic heterocycles. The highest BCUT2D eigenvalue weighted by Crippen LogP contribution is 2.26. The number of carbonyl (C=O) groups is 1. The number of rotatable bonds is 7. The predicted molar refractivity (Wildman–Crippen MR) is 106 cm³/mol. The van der Waals surface area contributed by atoms with E-state index in [0.717, 1.165) is 48.9 Å². The summed E-state index contributed by atoms with van der Waals surface area (Å²) < 4.78 is 26.9. The van der Waals surface area contributed by atoms with E-state index >= 15 is 0 Å². The van der Waals surface area contributed by atoms with Gasteiger partial charge >= 0.3 is 5.97 Å². The standard InChI is InChI=1S/C19H27N3O4S/c1-14-3-4-18-16(11-14)17(19(23)24)13-22(18)12-15-5-8-21(9-6-15)10-7-20-27(2,25)26/h3-4,11,13,15,20H,5-10,12H2,1-2H3,(H,23,24). The number of carboxylic acid groups (broad SMARTS) is 1. The Bertz CT molecular complexity index is 928. The van der Waals surface area contributed by atoms with Crippen molar-refractivity contribution in [2.24, 2.45) is 5.92 Å². The number of hydrogen-bond donors (Lipinski definition) is 2. The molecule has 0 amide bonds. The van der Waals surface area contributed by atoms with Gasteiger partial charge in [0, 0.05) is 36.7 Å². The van der Waals surface area contributed by atoms with Crippen LogP contribution in [0.3, 0.4) is 0 Å². The van der Waals surface area contributed by atoms with Crippen LogP contribution in [0.2, 0.25) is 0 Å². The van der Waals surface area contributed by atoms with E-state index < -0.39 is 16.0 Å². The van der Waals surface area contributed by atoms with Gasteiger partial charge in [0.1, 0.15) is 0 Å². The lowest BCUT2D eigenvalue weighted by Crippen LogP contribution is -2.40. The van der Waals surface area contributed by atoms with Crippen molar-refractivity contribution in [3.05, 3.63) is 35.5 Å². The average Bonchev–Trinajstić information content (AvgIpc) is 2.93. The van der Waals surface area contributed by atoms with Gasteiger partial charge in [0.2, 0.25) is 10.0 Å². The van der Waals surface area contributed by atoms with E-state index in [9.17, 15) is 18.3 Å². The maximum atomic E-state index is 11.6. The minimum absolute atomic E-state index is 0.359. The van der Waals surface area contributed by atoms with E-state index in [-0.39, 0.29) is 0 Å². The number of benzene rings is 1. The summed E-state index contributed by atoms with van der Waals surface area (Å²) >= 11 is 0. The smallest absolute Gasteiger partial charge is 0.337 e. The molecule has 2 aromatic rings. The third kappa shape index (κ3) is 5.09. The molecule has 0 atom stereocenters. The number of aromatic carboxylic acids is 1. The maximum absolute atomic E-state index is 11.6. The molecule has 3 rings (SSSR count). The minimum atomic E-state index is -3.13. The van der Waals surface area contributed by atoms with Crippen molar-refractivity contribution in [3.8, 4) is 0 Å². The lowest BCUT2D eigenvalue weighted by atomic mass is 9.96. The fourth-order valence-corrected chi connectivity index (χ4v) is 4.25. The molecule has 1 aromatic heterocycles. The summed E-state index contributed by atoms with van der Waals surface area (Å²) in [6.07, 6.45) is 4.97. The Hall–Kier alpha value is -1.90. The van der Waals surface area contributed by atoms with Crippen molar-refractivity contribution in [1.29, 1.82) is 0 Å². The Morgan fingerprint density at radius 1 is 1.30 bits per heavy atom. The Labute approximate surface area is 160 Å². The molecule has 0 bridgehead atoms. The van der Waals surface area contributed by atoms with E-state index in [1.54, 1.807) is 6.20 Å². The lowest BCUT2D eigenvalue weighted by Gasteiger charge is -2.32. The molecule has 0 unspecified atom stereocenters. The number of nitrogens with zero attached hydrogens (tertiary/aromatic N) is 2. The van der Waals surface area contributed by atoms with Crippen molar-refractivity contribution in [1.82, 2.24) is 14.2 Å². The van der Waals surface area contributed by atoms with Crippen molar-refractivity contribution >= 4 is 26.9 Å². The maximum Gasteiger partial charge on any atom is 0.337 e. The molecule has 148 valence electrons. The summed E-state index contributed by atoms with van der Waals surface area (Å²) in [5.41, 5.74) is 2.38. The van der Waals surface area contributed by atoms with E-state index in [1.807, 2.05) is 25.1 Å². The van der Waals surface area contributed by atoms with Gasteiger partial charge < -0.3 is 14.6 Å². The first-order valence-electron chi connectivity index (χ1n) is 9.23. The van der Waals surface area contributed by atoms with Crippen LogP contribution in [0, 0.1) is 12.8 Å². The van der Waals surface area contributed by atoms with Gasteiger partial charge in [0.25, 0.3) is 0 Å². The minimum Gasteiger partial charge on any atom is -0.478 e. The van der Waals surface area contributed by atoms with Gasteiger partial charge in [-0.2, -0.15) is 0 Å². The third-order valence-electron chi connectivity index (χ3n) is 5.22. The summed E-state index contributed by atoms with van der Waals surface area (Å²) in [4.78, 5) is 13.8. The molecule has 1 aliphatic rings. The van der Waals surface area contributed by atoms with Crippen LogP contribution in [0.4, 0.5) is 0 Å². The molecule has 1 fully saturated rings. The van der Waals surface area contributed by atoms with Crippen LogP contribution >= 0.6 is 0 Å². The zero-order valence-electron chi connectivity index (χ0n) is 15.8. The fourth-order valence-electron chi connectivity index (χ4n) is 3.79. The second-order valence-electron chi connectivity index (χ2n) is 7.47. The Morgan fingerprint density at radius 2 is 2.00 bits per heavy atom. The molecule has 27 heavy (non-hydrogen) atoms. The molecule has 1 saturated heterocycles. The second-order valence-corrected chi connectivity index (χ2v) is 9.31. The number of carboxylic acids is 1. The first-order valence-corrected chi connectivity index (χ1v) is 11.1. The van der Waals surface area contributed by atoms with Crippen LogP contribution in [-0.2, 0) is 16.6 Å². The Morgan fingerprint density at radius 3 is 2.63 bits per heavy atom. The molecule has 2 heterocycles. The number of piperidine rings is 1. The van der Waals surface area contributed by atoms with Gasteiger partial charge in [0.05, 0.1) is 11.8 Å². The molecule has 0 saturated carbocycles. The number of likely N-dealkylation sites (tertiary alicyclic amines) is 1. The van der Waals surface area contributed by atoms with Crippen molar-refractivity contribution in [2.75, 3.05) is 32.4 Å². The second kappa shape index (κ2) is 8.00. The van der Waals surface area contributed by atoms with Crippen molar-refractivity contribution in [3.63, 3.8) is 0 Å². The van der Waals surface area contributed by atoms with Crippen molar-refractivity contribution < 1.29 is 18.3 Å². The van der Waals surface area contributed by atoms with Gasteiger partial charge in [-0.15, -0.1) is 0 Å². The van der Waals surface area contributed by atoms with Gasteiger partial charge in [-0.1, -0.05) is 11.6 Å². The third-order valence-corrected chi connectivity index (χ3v) is 5.95. The van der Waals surface area contributed by atoms with Crippen molar-refractivity contribution in [2.45, 2.75) is 26.3 Å². The van der Waals surface area contributed by atoms with Crippen LogP contribution in [-0.4, -0.2) is 61.4 Å². The highest BCUT2D eigenvalue weighted by Gasteiger charge is 2.21. The first-order chi connectivity index (χ1) is 12.7. The van der Waals surface area contributed by atoms with E-state index in [1.165, 1.54) is 6.26 Å². The molecule has 1 aromatic carbocycles. The van der Waals surface area contributed by atoms with Crippen LogP contribution in [0.1, 0.15) is 28.8 Å². The first kappa shape index (κ1) is 19.9. The lowest BCUT2D eigenvalue weighted by molar-refractivity contribution is 0.0698. The van der Waals surface area contributed by atoms with Gasteiger partial charge in [-0.3, -0.25) is 0 Å². The van der Waals surface area contributed by atoms with Crippen LogP contribution in [0.15, 0.2) is 24.4 Å². The number of aromatic nitrogens is 1. The molecule has 0 radical (unpaired) electrons. The number of nitrogens with one attached hydrogen (secondary N) is 1. The quantitative estimate of drug-likeness (QED) is 0.750. The highest BCUT2D eigenvalue weighted by molar-refractivity contribution is 7.88. The SMILES string of the molecule is Cc1ccc2c(c1)c(C(=O)O)cn2CC1CCN(CCNS(C)(=O)=O)CC1. The molecular weight excluding hydrogens is 366 g/mol. The molecular formula is C19H27N3O4S. The van der Waals surface area contributed by atoms with Crippen LogP contribution in [0.25, 0.3) is 10.9 Å². The molecule has 8 heteroatoms. The largest absolute Gasteiger partial charge is 0.478 e. The van der Waals surface area contributed by atoms with E-state index in [0.29, 0.717) is 24.6 Å².